The molecule has 0 saturated carbocycles. The number of fused-ring (bicyclic) bond motifs is 1. The molecule has 2 aromatic rings. The third-order valence-electron chi connectivity index (χ3n) is 1.36. The van der Waals surface area contributed by atoms with Crippen molar-refractivity contribution in [2.24, 2.45) is 0 Å². The lowest BCUT2D eigenvalue weighted by molar-refractivity contribution is 1.40. The van der Waals surface area contributed by atoms with Gasteiger partial charge in [-0.2, -0.15) is 0 Å². The molecule has 0 spiro atoms. The van der Waals surface area contributed by atoms with Gasteiger partial charge in [-0.15, -0.1) is 0 Å². The van der Waals surface area contributed by atoms with Crippen molar-refractivity contribution < 1.29 is 6.85 Å². The molecule has 60 valence electrons. The summed E-state index contributed by atoms with van der Waals surface area (Å²) in [6, 6.07) is -0.589. The summed E-state index contributed by atoms with van der Waals surface area (Å²) in [6.45, 7) is 0. The molecular weight excluding hydrogens is 282 g/mol. The zero-order valence-corrected chi connectivity index (χ0v) is 8.88. The minimum atomic E-state index is -0.313. The fraction of sp³-hybridized carbons (Fsp3) is 0. The van der Waals surface area contributed by atoms with Crippen molar-refractivity contribution in [3.8, 4) is 0 Å². The Morgan fingerprint density at radius 1 is 1.17 bits per heavy atom. The average Bonchev–Trinajstić information content (AvgIpc) is 2.30. The molecule has 0 aliphatic heterocycles. The van der Waals surface area contributed by atoms with Crippen molar-refractivity contribution in [2.45, 2.75) is 0 Å². The Morgan fingerprint density at radius 2 is 1.92 bits per heavy atom. The first kappa shape index (κ1) is 4.20. The Bertz CT molecular complexity index is 635. The van der Waals surface area contributed by atoms with Crippen LogP contribution in [0.15, 0.2) is 39.3 Å². The van der Waals surface area contributed by atoms with Gasteiger partial charge in [-0.05, 0) is 34.1 Å². The third kappa shape index (κ3) is 1.27. The summed E-state index contributed by atoms with van der Waals surface area (Å²) in [5, 5.41) is 0.277. The topological polar surface area (TPSA) is 12.9 Å². The zero-order valence-electron chi connectivity index (χ0n) is 10.7. The Hall–Kier alpha value is -0.410. The van der Waals surface area contributed by atoms with Crippen LogP contribution in [0.25, 0.3) is 10.9 Å². The van der Waals surface area contributed by atoms with E-state index in [2.05, 4.69) is 36.8 Å². The molecule has 0 saturated heterocycles. The number of benzene rings is 1. The molecular formula is C9H5Br2N. The largest absolute Gasteiger partial charge is 0.255 e. The number of nitrogens with zero attached hydrogens (tertiary/aromatic N) is 1. The SMILES string of the molecule is [2H]c1nc2c(Br)c([2H])c([2H])c(Br)c2c([2H])c1[2H]. The van der Waals surface area contributed by atoms with Crippen molar-refractivity contribution in [1.29, 1.82) is 0 Å². The van der Waals surface area contributed by atoms with Crippen LogP contribution in [-0.2, 0) is 0 Å². The van der Waals surface area contributed by atoms with Crippen LogP contribution in [0.1, 0.15) is 6.85 Å². The van der Waals surface area contributed by atoms with Crippen molar-refractivity contribution in [1.82, 2.24) is 4.98 Å². The molecule has 0 radical (unpaired) electrons. The van der Waals surface area contributed by atoms with Crippen molar-refractivity contribution in [3.63, 3.8) is 0 Å². The predicted molar refractivity (Wildman–Crippen MR) is 57.1 cm³/mol. The van der Waals surface area contributed by atoms with E-state index in [-0.39, 0.29) is 50.2 Å². The van der Waals surface area contributed by atoms with E-state index in [9.17, 15) is 0 Å². The zero-order chi connectivity index (χ0) is 12.9. The van der Waals surface area contributed by atoms with E-state index in [1.165, 1.54) is 0 Å². The van der Waals surface area contributed by atoms with Gasteiger partial charge in [-0.3, -0.25) is 4.98 Å². The molecule has 0 fully saturated rings. The Kier molecular flexibility index (Phi) is 1.10. The molecule has 1 aromatic heterocycles. The quantitative estimate of drug-likeness (QED) is 0.720. The maximum absolute atomic E-state index is 7.79. The van der Waals surface area contributed by atoms with E-state index in [1.807, 2.05) is 0 Å². The summed E-state index contributed by atoms with van der Waals surface area (Å²) in [5.41, 5.74) is 0.254. The first-order valence-electron chi connectivity index (χ1n) is 5.58. The van der Waals surface area contributed by atoms with Crippen LogP contribution >= 0.6 is 31.9 Å². The van der Waals surface area contributed by atoms with Crippen molar-refractivity contribution in [2.75, 3.05) is 0 Å². The van der Waals surface area contributed by atoms with E-state index in [0.29, 0.717) is 0 Å². The molecule has 1 aromatic carbocycles. The van der Waals surface area contributed by atoms with Gasteiger partial charge in [0.1, 0.15) is 0 Å². The molecule has 1 nitrogen and oxygen atoms in total. The number of halogens is 2. The van der Waals surface area contributed by atoms with Crippen LogP contribution in [0.2, 0.25) is 0 Å². The first-order chi connectivity index (χ1) is 7.86. The van der Waals surface area contributed by atoms with Crippen LogP contribution in [0.5, 0.6) is 0 Å². The average molecular weight is 292 g/mol. The van der Waals surface area contributed by atoms with Crippen LogP contribution < -0.4 is 0 Å². The summed E-state index contributed by atoms with van der Waals surface area (Å²) in [4.78, 5) is 3.88. The lowest BCUT2D eigenvalue weighted by atomic mass is 10.2. The first-order valence-corrected chi connectivity index (χ1v) is 4.66. The van der Waals surface area contributed by atoms with Gasteiger partial charge in [0.2, 0.25) is 0 Å². The van der Waals surface area contributed by atoms with Crippen LogP contribution in [-0.4, -0.2) is 4.98 Å². The highest BCUT2D eigenvalue weighted by Gasteiger charge is 2.01. The second-order valence-corrected chi connectivity index (χ2v) is 3.66. The second kappa shape index (κ2) is 3.15. The Labute approximate surface area is 94.1 Å². The van der Waals surface area contributed by atoms with E-state index in [4.69, 9.17) is 6.85 Å². The number of pyridine rings is 1. The molecule has 2 rings (SSSR count). The van der Waals surface area contributed by atoms with E-state index >= 15 is 0 Å². The molecule has 0 aliphatic carbocycles. The molecule has 0 atom stereocenters. The molecule has 0 aliphatic rings. The molecule has 1 heterocycles. The number of hydrogen-bond donors (Lipinski definition) is 0. The predicted octanol–water partition coefficient (Wildman–Crippen LogP) is 3.76. The van der Waals surface area contributed by atoms with Gasteiger partial charge in [0.15, 0.2) is 0 Å². The second-order valence-electron chi connectivity index (χ2n) is 2.08. The Morgan fingerprint density at radius 3 is 2.75 bits per heavy atom. The summed E-state index contributed by atoms with van der Waals surface area (Å²) in [6.07, 6.45) is -0.313. The van der Waals surface area contributed by atoms with Crippen LogP contribution in [0.3, 0.4) is 0 Å². The van der Waals surface area contributed by atoms with Gasteiger partial charge in [0, 0.05) is 20.5 Å². The monoisotopic (exact) mass is 290 g/mol. The van der Waals surface area contributed by atoms with Gasteiger partial charge in [0.05, 0.1) is 12.4 Å². The summed E-state index contributed by atoms with van der Waals surface area (Å²) in [5.74, 6) is 0. The standard InChI is InChI=1S/C9H5Br2N/c10-7-3-4-8(11)9-6(7)2-1-5-12-9/h1-5H/i1D,2D,3D,4D,5D. The molecule has 0 bridgehead atoms. The van der Waals surface area contributed by atoms with E-state index in [0.717, 1.165) is 0 Å². The summed E-state index contributed by atoms with van der Waals surface area (Å²) < 4.78 is 38.7. The molecule has 12 heavy (non-hydrogen) atoms. The van der Waals surface area contributed by atoms with Gasteiger partial charge in [-0.1, -0.05) is 22.0 Å². The van der Waals surface area contributed by atoms with Crippen molar-refractivity contribution >= 4 is 42.8 Å². The van der Waals surface area contributed by atoms with Gasteiger partial charge < -0.3 is 0 Å². The minimum absolute atomic E-state index is 0.0617. The minimum Gasteiger partial charge on any atom is -0.255 e. The van der Waals surface area contributed by atoms with Gasteiger partial charge in [0.25, 0.3) is 0 Å². The maximum atomic E-state index is 7.79. The number of rotatable bonds is 0. The smallest absolute Gasteiger partial charge is 0.0855 e. The van der Waals surface area contributed by atoms with Gasteiger partial charge >= 0.3 is 0 Å². The highest BCUT2D eigenvalue weighted by molar-refractivity contribution is 9.11. The fourth-order valence-electron chi connectivity index (χ4n) is 0.839. The molecule has 3 heteroatoms. The van der Waals surface area contributed by atoms with Crippen LogP contribution in [0.4, 0.5) is 0 Å². The highest BCUT2D eigenvalue weighted by Crippen LogP contribution is 2.27. The van der Waals surface area contributed by atoms with E-state index in [1.54, 1.807) is 0 Å². The molecule has 0 amide bonds. The van der Waals surface area contributed by atoms with Crippen molar-refractivity contribution in [3.05, 3.63) is 39.3 Å². The molecule has 0 N–H and O–H groups in total. The summed E-state index contributed by atoms with van der Waals surface area (Å²) in [7, 11) is 0. The van der Waals surface area contributed by atoms with E-state index < -0.39 is 0 Å². The lowest BCUT2D eigenvalue weighted by Crippen LogP contribution is -1.79. The van der Waals surface area contributed by atoms with Gasteiger partial charge in [-0.25, -0.2) is 0 Å². The highest BCUT2D eigenvalue weighted by atomic mass is 79.9. The maximum Gasteiger partial charge on any atom is 0.0855 e. The number of hydrogen-bond acceptors (Lipinski definition) is 1. The lowest BCUT2D eigenvalue weighted by Gasteiger charge is -2.00. The van der Waals surface area contributed by atoms with Crippen LogP contribution in [0, 0.1) is 0 Å². The number of aromatic nitrogens is 1. The molecule has 0 unspecified atom stereocenters. The Balaban J connectivity index is 3.12. The normalized spacial score (nSPS) is 16.3. The fourth-order valence-corrected chi connectivity index (χ4v) is 1.61. The summed E-state index contributed by atoms with van der Waals surface area (Å²) >= 11 is 6.28. The third-order valence-corrected chi connectivity index (χ3v) is 2.53.